The van der Waals surface area contributed by atoms with Gasteiger partial charge in [-0.3, -0.25) is 9.59 Å². The number of benzene rings is 1. The van der Waals surface area contributed by atoms with Gasteiger partial charge in [0.1, 0.15) is 5.15 Å². The Balaban J connectivity index is 1.84. The van der Waals surface area contributed by atoms with Gasteiger partial charge in [0.25, 0.3) is 0 Å². The second-order valence-corrected chi connectivity index (χ2v) is 7.62. The molecule has 0 aliphatic carbocycles. The number of ketones is 1. The maximum atomic E-state index is 12.4. The van der Waals surface area contributed by atoms with E-state index < -0.39 is 0 Å². The maximum Gasteiger partial charge on any atom is 0.230 e. The standard InChI is InChI=1S/C19H15Cl2N3O2S/c1-10-8-14(20)13(18(21)22-10)9-15(26)23-19-24-16(17(27-19)11(2)25)12-6-4-3-5-7-12/h3-8H,9H2,1-2H3,(H,23,24,26). The Morgan fingerprint density at radius 2 is 1.85 bits per heavy atom. The topological polar surface area (TPSA) is 72.0 Å². The summed E-state index contributed by atoms with van der Waals surface area (Å²) in [7, 11) is 0. The van der Waals surface area contributed by atoms with Crippen molar-refractivity contribution in [2.75, 3.05) is 5.32 Å². The third-order valence-corrected chi connectivity index (χ3v) is 5.45. The quantitative estimate of drug-likeness (QED) is 0.455. The molecule has 0 fully saturated rings. The molecule has 2 aromatic heterocycles. The zero-order valence-electron chi connectivity index (χ0n) is 14.5. The molecule has 0 unspecified atom stereocenters. The minimum atomic E-state index is -0.340. The fourth-order valence-corrected chi connectivity index (χ4v) is 4.07. The molecule has 0 aliphatic heterocycles. The first-order valence-electron chi connectivity index (χ1n) is 8.03. The van der Waals surface area contributed by atoms with E-state index in [0.717, 1.165) is 16.9 Å². The number of halogens is 2. The van der Waals surface area contributed by atoms with Gasteiger partial charge in [-0.2, -0.15) is 0 Å². The SMILES string of the molecule is CC(=O)c1sc(NC(=O)Cc2c(Cl)cc(C)nc2Cl)nc1-c1ccccc1. The van der Waals surface area contributed by atoms with Crippen molar-refractivity contribution in [2.45, 2.75) is 20.3 Å². The summed E-state index contributed by atoms with van der Waals surface area (Å²) in [5.41, 5.74) is 2.49. The summed E-state index contributed by atoms with van der Waals surface area (Å²) >= 11 is 13.4. The fraction of sp³-hybridized carbons (Fsp3) is 0.158. The van der Waals surface area contributed by atoms with E-state index in [1.54, 1.807) is 13.0 Å². The Kier molecular flexibility index (Phi) is 5.89. The Morgan fingerprint density at radius 1 is 1.15 bits per heavy atom. The predicted molar refractivity (Wildman–Crippen MR) is 109 cm³/mol. The van der Waals surface area contributed by atoms with Crippen LogP contribution in [0.5, 0.6) is 0 Å². The van der Waals surface area contributed by atoms with Crippen molar-refractivity contribution in [1.82, 2.24) is 9.97 Å². The lowest BCUT2D eigenvalue weighted by Crippen LogP contribution is -2.15. The highest BCUT2D eigenvalue weighted by molar-refractivity contribution is 7.18. The van der Waals surface area contributed by atoms with Crippen LogP contribution in [0.2, 0.25) is 10.2 Å². The molecule has 0 saturated heterocycles. The van der Waals surface area contributed by atoms with Crippen LogP contribution in [-0.2, 0) is 11.2 Å². The number of Topliss-reactive ketones (excluding diaryl/α,β-unsaturated/α-hetero) is 1. The number of rotatable bonds is 5. The Hall–Kier alpha value is -2.28. The van der Waals surface area contributed by atoms with Gasteiger partial charge in [-0.1, -0.05) is 64.9 Å². The van der Waals surface area contributed by atoms with Crippen LogP contribution in [0.4, 0.5) is 5.13 Å². The highest BCUT2D eigenvalue weighted by Gasteiger charge is 2.19. The van der Waals surface area contributed by atoms with Gasteiger partial charge in [0.2, 0.25) is 5.91 Å². The number of thiazole rings is 1. The molecule has 0 saturated carbocycles. The number of anilines is 1. The third kappa shape index (κ3) is 4.53. The normalized spacial score (nSPS) is 10.7. The molecule has 5 nitrogen and oxygen atoms in total. The highest BCUT2D eigenvalue weighted by atomic mass is 35.5. The minimum absolute atomic E-state index is 0.0411. The van der Waals surface area contributed by atoms with Crippen LogP contribution in [0.3, 0.4) is 0 Å². The summed E-state index contributed by atoms with van der Waals surface area (Å²) in [6.45, 7) is 3.24. The molecule has 138 valence electrons. The van der Waals surface area contributed by atoms with Gasteiger partial charge >= 0.3 is 0 Å². The summed E-state index contributed by atoms with van der Waals surface area (Å²) in [5, 5.41) is 3.64. The van der Waals surface area contributed by atoms with E-state index in [0.29, 0.717) is 32.0 Å². The number of aryl methyl sites for hydroxylation is 1. The van der Waals surface area contributed by atoms with Crippen LogP contribution >= 0.6 is 34.5 Å². The van der Waals surface area contributed by atoms with E-state index in [4.69, 9.17) is 23.2 Å². The van der Waals surface area contributed by atoms with E-state index in [2.05, 4.69) is 15.3 Å². The van der Waals surface area contributed by atoms with Crippen molar-refractivity contribution in [3.05, 3.63) is 62.7 Å². The summed E-state index contributed by atoms with van der Waals surface area (Å²) in [6, 6.07) is 11.0. The highest BCUT2D eigenvalue weighted by Crippen LogP contribution is 2.32. The molecule has 1 aromatic carbocycles. The van der Waals surface area contributed by atoms with Gasteiger partial charge in [0.15, 0.2) is 10.9 Å². The van der Waals surface area contributed by atoms with Gasteiger partial charge in [0.05, 0.1) is 17.0 Å². The number of aromatic nitrogens is 2. The second kappa shape index (κ2) is 8.17. The molecule has 0 bridgehead atoms. The van der Waals surface area contributed by atoms with Crippen molar-refractivity contribution >= 4 is 51.4 Å². The van der Waals surface area contributed by atoms with Crippen LogP contribution in [0.15, 0.2) is 36.4 Å². The maximum absolute atomic E-state index is 12.4. The number of hydrogen-bond donors (Lipinski definition) is 1. The van der Waals surface area contributed by atoms with Crippen LogP contribution in [0.1, 0.15) is 27.9 Å². The zero-order chi connectivity index (χ0) is 19.6. The van der Waals surface area contributed by atoms with Crippen molar-refractivity contribution in [1.29, 1.82) is 0 Å². The first-order valence-corrected chi connectivity index (χ1v) is 9.61. The van der Waals surface area contributed by atoms with E-state index in [1.807, 2.05) is 30.3 Å². The molecule has 0 atom stereocenters. The lowest BCUT2D eigenvalue weighted by molar-refractivity contribution is -0.115. The minimum Gasteiger partial charge on any atom is -0.302 e. The first-order chi connectivity index (χ1) is 12.8. The molecule has 3 aromatic rings. The fourth-order valence-electron chi connectivity index (χ4n) is 2.51. The van der Waals surface area contributed by atoms with E-state index >= 15 is 0 Å². The van der Waals surface area contributed by atoms with Gasteiger partial charge in [0, 0.05) is 28.8 Å². The van der Waals surface area contributed by atoms with E-state index in [1.165, 1.54) is 6.92 Å². The van der Waals surface area contributed by atoms with Crippen molar-refractivity contribution in [3.8, 4) is 11.3 Å². The summed E-state index contributed by atoms with van der Waals surface area (Å²) in [4.78, 5) is 33.4. The number of hydrogen-bond acceptors (Lipinski definition) is 5. The molecular formula is C19H15Cl2N3O2S. The molecule has 0 radical (unpaired) electrons. The van der Waals surface area contributed by atoms with Crippen LogP contribution in [0, 0.1) is 6.92 Å². The van der Waals surface area contributed by atoms with Crippen LogP contribution in [-0.4, -0.2) is 21.7 Å². The molecule has 27 heavy (non-hydrogen) atoms. The summed E-state index contributed by atoms with van der Waals surface area (Å²) < 4.78 is 0. The molecule has 0 spiro atoms. The zero-order valence-corrected chi connectivity index (χ0v) is 16.9. The van der Waals surface area contributed by atoms with E-state index in [-0.39, 0.29) is 23.3 Å². The van der Waals surface area contributed by atoms with Gasteiger partial charge in [-0.05, 0) is 13.0 Å². The van der Waals surface area contributed by atoms with Crippen LogP contribution in [0.25, 0.3) is 11.3 Å². The Morgan fingerprint density at radius 3 is 2.48 bits per heavy atom. The van der Waals surface area contributed by atoms with Gasteiger partial charge in [-0.25, -0.2) is 9.97 Å². The largest absolute Gasteiger partial charge is 0.302 e. The number of carbonyl (C=O) groups excluding carboxylic acids is 2. The monoisotopic (exact) mass is 419 g/mol. The molecule has 3 rings (SSSR count). The number of pyridine rings is 1. The number of amides is 1. The molecular weight excluding hydrogens is 405 g/mol. The van der Waals surface area contributed by atoms with Crippen molar-refractivity contribution in [3.63, 3.8) is 0 Å². The summed E-state index contributed by atoms with van der Waals surface area (Å²) in [6.07, 6.45) is -0.0411. The lowest BCUT2D eigenvalue weighted by Gasteiger charge is -2.07. The Bertz CT molecular complexity index is 996. The molecule has 1 amide bonds. The number of nitrogens with zero attached hydrogens (tertiary/aromatic N) is 2. The van der Waals surface area contributed by atoms with Gasteiger partial charge in [-0.15, -0.1) is 0 Å². The number of nitrogens with one attached hydrogen (secondary N) is 1. The molecule has 8 heteroatoms. The molecule has 0 aliphatic rings. The predicted octanol–water partition coefficient (Wildman–Crippen LogP) is 5.20. The van der Waals surface area contributed by atoms with Crippen molar-refractivity contribution < 1.29 is 9.59 Å². The van der Waals surface area contributed by atoms with E-state index in [9.17, 15) is 9.59 Å². The van der Waals surface area contributed by atoms with Gasteiger partial charge < -0.3 is 5.32 Å². The summed E-state index contributed by atoms with van der Waals surface area (Å²) in [5.74, 6) is -0.450. The molecule has 1 N–H and O–H groups in total. The average Bonchev–Trinajstić information content (AvgIpc) is 3.03. The smallest absolute Gasteiger partial charge is 0.230 e. The van der Waals surface area contributed by atoms with Crippen LogP contribution < -0.4 is 5.32 Å². The first kappa shape index (κ1) is 19.5. The second-order valence-electron chi connectivity index (χ2n) is 5.86. The molecule has 2 heterocycles. The Labute approximate surface area is 170 Å². The van der Waals surface area contributed by atoms with Crippen molar-refractivity contribution in [2.24, 2.45) is 0 Å². The lowest BCUT2D eigenvalue weighted by atomic mass is 10.1. The number of carbonyl (C=O) groups is 2. The average molecular weight is 420 g/mol. The third-order valence-electron chi connectivity index (χ3n) is 3.73.